The van der Waals surface area contributed by atoms with Crippen molar-refractivity contribution in [3.8, 4) is 0 Å². The number of likely N-dealkylation sites (N-methyl/N-ethyl adjacent to an activating group) is 1. The van der Waals surface area contributed by atoms with Crippen LogP contribution in [-0.2, 0) is 6.42 Å². The van der Waals surface area contributed by atoms with Crippen LogP contribution in [0.4, 0.5) is 8.78 Å². The quantitative estimate of drug-likeness (QED) is 0.869. The molecule has 1 atom stereocenters. The zero-order chi connectivity index (χ0) is 15.4. The number of pyridine rings is 1. The zero-order valence-electron chi connectivity index (χ0n) is 11.3. The molecule has 112 valence electrons. The molecular formula is C15H14Cl2F2N2. The summed E-state index contributed by atoms with van der Waals surface area (Å²) in [5.74, 6) is -1.20. The molecule has 0 saturated carbocycles. The Hall–Kier alpha value is -1.23. The van der Waals surface area contributed by atoms with Gasteiger partial charge in [0.2, 0.25) is 0 Å². The first-order chi connectivity index (χ1) is 9.99. The molecule has 1 aromatic heterocycles. The number of hydrogen-bond donors (Lipinski definition) is 1. The third-order valence-electron chi connectivity index (χ3n) is 2.98. The van der Waals surface area contributed by atoms with Crippen molar-refractivity contribution in [1.29, 1.82) is 0 Å². The summed E-state index contributed by atoms with van der Waals surface area (Å²) in [4.78, 5) is 4.22. The van der Waals surface area contributed by atoms with Crippen LogP contribution in [0.1, 0.15) is 24.2 Å². The Balaban J connectivity index is 2.30. The highest BCUT2D eigenvalue weighted by Crippen LogP contribution is 2.26. The molecule has 0 radical (unpaired) electrons. The van der Waals surface area contributed by atoms with Crippen LogP contribution in [0.3, 0.4) is 0 Å². The Morgan fingerprint density at radius 3 is 2.38 bits per heavy atom. The van der Waals surface area contributed by atoms with E-state index in [1.165, 1.54) is 18.3 Å². The molecule has 2 nitrogen and oxygen atoms in total. The van der Waals surface area contributed by atoms with Crippen molar-refractivity contribution < 1.29 is 8.78 Å². The normalized spacial score (nSPS) is 12.4. The average Bonchev–Trinajstić information content (AvgIpc) is 2.37. The molecule has 1 unspecified atom stereocenters. The maximum atomic E-state index is 13.3. The van der Waals surface area contributed by atoms with Gasteiger partial charge in [-0.25, -0.2) is 8.78 Å². The SMILES string of the molecule is CCNC(Cc1cc(F)cc(F)c1)c1ncc(Cl)cc1Cl. The smallest absolute Gasteiger partial charge is 0.126 e. The number of nitrogens with zero attached hydrogens (tertiary/aromatic N) is 1. The highest BCUT2D eigenvalue weighted by Gasteiger charge is 2.17. The number of hydrogen-bond acceptors (Lipinski definition) is 2. The summed E-state index contributed by atoms with van der Waals surface area (Å²) in [5.41, 5.74) is 1.14. The summed E-state index contributed by atoms with van der Waals surface area (Å²) in [5, 5.41) is 4.07. The maximum absolute atomic E-state index is 13.3. The van der Waals surface area contributed by atoms with Crippen molar-refractivity contribution in [2.75, 3.05) is 6.54 Å². The average molecular weight is 331 g/mol. The fourth-order valence-corrected chi connectivity index (χ4v) is 2.67. The summed E-state index contributed by atoms with van der Waals surface area (Å²) < 4.78 is 26.6. The van der Waals surface area contributed by atoms with Crippen LogP contribution in [0.15, 0.2) is 30.5 Å². The maximum Gasteiger partial charge on any atom is 0.126 e. The van der Waals surface area contributed by atoms with E-state index in [2.05, 4.69) is 10.3 Å². The third kappa shape index (κ3) is 4.37. The zero-order valence-corrected chi connectivity index (χ0v) is 12.8. The van der Waals surface area contributed by atoms with E-state index >= 15 is 0 Å². The van der Waals surface area contributed by atoms with Crippen LogP contribution >= 0.6 is 23.2 Å². The van der Waals surface area contributed by atoms with E-state index in [-0.39, 0.29) is 6.04 Å². The molecule has 21 heavy (non-hydrogen) atoms. The Labute approximate surface area is 132 Å². The minimum atomic E-state index is -0.601. The van der Waals surface area contributed by atoms with Gasteiger partial charge in [0.25, 0.3) is 0 Å². The lowest BCUT2D eigenvalue weighted by molar-refractivity contribution is 0.528. The fourth-order valence-electron chi connectivity index (χ4n) is 2.16. The van der Waals surface area contributed by atoms with Crippen LogP contribution in [0, 0.1) is 11.6 Å². The van der Waals surface area contributed by atoms with Crippen molar-refractivity contribution in [3.63, 3.8) is 0 Å². The number of rotatable bonds is 5. The molecule has 0 fully saturated rings. The lowest BCUT2D eigenvalue weighted by Gasteiger charge is -2.19. The second kappa shape index (κ2) is 7.16. The summed E-state index contributed by atoms with van der Waals surface area (Å²) >= 11 is 12.0. The van der Waals surface area contributed by atoms with E-state index in [1.807, 2.05) is 6.92 Å². The number of halogens is 4. The Morgan fingerprint density at radius 2 is 1.81 bits per heavy atom. The van der Waals surface area contributed by atoms with E-state index in [0.29, 0.717) is 34.3 Å². The van der Waals surface area contributed by atoms with Crippen molar-refractivity contribution in [2.45, 2.75) is 19.4 Å². The summed E-state index contributed by atoms with van der Waals surface area (Å²) in [6, 6.07) is 4.80. The molecule has 1 aromatic carbocycles. The van der Waals surface area contributed by atoms with E-state index in [4.69, 9.17) is 23.2 Å². The second-order valence-corrected chi connectivity index (χ2v) is 5.46. The molecule has 0 aliphatic rings. The summed E-state index contributed by atoms with van der Waals surface area (Å²) in [6.45, 7) is 2.60. The van der Waals surface area contributed by atoms with Crippen LogP contribution in [0.5, 0.6) is 0 Å². The first-order valence-corrected chi connectivity index (χ1v) is 7.24. The van der Waals surface area contributed by atoms with Crippen LogP contribution in [0.25, 0.3) is 0 Å². The van der Waals surface area contributed by atoms with Gasteiger partial charge in [0.15, 0.2) is 0 Å². The summed E-state index contributed by atoms with van der Waals surface area (Å²) in [6.07, 6.45) is 1.87. The molecule has 2 rings (SSSR count). The van der Waals surface area contributed by atoms with Crippen LogP contribution in [0.2, 0.25) is 10.0 Å². The molecule has 2 aromatic rings. The van der Waals surface area contributed by atoms with Gasteiger partial charge in [0.05, 0.1) is 21.8 Å². The van der Waals surface area contributed by atoms with Crippen molar-refractivity contribution in [3.05, 3.63) is 63.4 Å². The van der Waals surface area contributed by atoms with Crippen molar-refractivity contribution in [2.24, 2.45) is 0 Å². The largest absolute Gasteiger partial charge is 0.309 e. The molecule has 0 aliphatic heterocycles. The standard InChI is InChI=1S/C15H14Cl2F2N2/c1-2-20-14(15-13(17)6-10(16)8-21-15)5-9-3-11(18)7-12(19)4-9/h3-4,6-8,14,20H,2,5H2,1H3. The van der Waals surface area contributed by atoms with Crippen LogP contribution in [-0.4, -0.2) is 11.5 Å². The third-order valence-corrected chi connectivity index (χ3v) is 3.49. The molecule has 0 saturated heterocycles. The molecule has 0 amide bonds. The van der Waals surface area contributed by atoms with Crippen molar-refractivity contribution >= 4 is 23.2 Å². The molecule has 0 spiro atoms. The minimum absolute atomic E-state index is 0.249. The number of nitrogens with one attached hydrogen (secondary N) is 1. The highest BCUT2D eigenvalue weighted by molar-refractivity contribution is 6.34. The monoisotopic (exact) mass is 330 g/mol. The van der Waals surface area contributed by atoms with Gasteiger partial charge in [-0.3, -0.25) is 4.98 Å². The van der Waals surface area contributed by atoms with Gasteiger partial charge in [-0.05, 0) is 36.7 Å². The number of aromatic nitrogens is 1. The molecular weight excluding hydrogens is 317 g/mol. The minimum Gasteiger partial charge on any atom is -0.309 e. The number of benzene rings is 1. The topological polar surface area (TPSA) is 24.9 Å². The van der Waals surface area contributed by atoms with Gasteiger partial charge >= 0.3 is 0 Å². The highest BCUT2D eigenvalue weighted by atomic mass is 35.5. The van der Waals surface area contributed by atoms with E-state index < -0.39 is 11.6 Å². The van der Waals surface area contributed by atoms with Gasteiger partial charge in [-0.2, -0.15) is 0 Å². The Kier molecular flexibility index (Phi) is 5.51. The predicted molar refractivity (Wildman–Crippen MR) is 80.7 cm³/mol. The lowest BCUT2D eigenvalue weighted by Crippen LogP contribution is -2.24. The Morgan fingerprint density at radius 1 is 1.14 bits per heavy atom. The molecule has 1 heterocycles. The predicted octanol–water partition coefficient (Wildman–Crippen LogP) is 4.56. The van der Waals surface area contributed by atoms with Crippen molar-refractivity contribution in [1.82, 2.24) is 10.3 Å². The first kappa shape index (κ1) is 16.1. The van der Waals surface area contributed by atoms with Gasteiger partial charge < -0.3 is 5.32 Å². The fraction of sp³-hybridized carbons (Fsp3) is 0.267. The lowest BCUT2D eigenvalue weighted by atomic mass is 10.0. The Bertz CT molecular complexity index is 615. The first-order valence-electron chi connectivity index (χ1n) is 6.49. The summed E-state index contributed by atoms with van der Waals surface area (Å²) in [7, 11) is 0. The van der Waals surface area contributed by atoms with E-state index in [1.54, 1.807) is 6.07 Å². The second-order valence-electron chi connectivity index (χ2n) is 4.61. The molecule has 6 heteroatoms. The molecule has 0 aliphatic carbocycles. The van der Waals surface area contributed by atoms with Gasteiger partial charge in [0, 0.05) is 12.3 Å². The molecule has 1 N–H and O–H groups in total. The van der Waals surface area contributed by atoms with E-state index in [9.17, 15) is 8.78 Å². The molecule has 0 bridgehead atoms. The van der Waals surface area contributed by atoms with Gasteiger partial charge in [-0.1, -0.05) is 30.1 Å². The van der Waals surface area contributed by atoms with Crippen LogP contribution < -0.4 is 5.32 Å². The van der Waals surface area contributed by atoms with Gasteiger partial charge in [-0.15, -0.1) is 0 Å². The van der Waals surface area contributed by atoms with Gasteiger partial charge in [0.1, 0.15) is 11.6 Å². The van der Waals surface area contributed by atoms with E-state index in [0.717, 1.165) is 6.07 Å².